The molecular formula is C30H21FN2O6. The van der Waals surface area contributed by atoms with Crippen LogP contribution in [0.5, 0.6) is 11.5 Å². The molecule has 0 fully saturated rings. The molecular weight excluding hydrogens is 503 g/mol. The molecule has 0 aliphatic carbocycles. The third-order valence-corrected chi connectivity index (χ3v) is 5.89. The molecule has 0 aliphatic heterocycles. The second-order valence-electron chi connectivity index (χ2n) is 8.75. The number of benzene rings is 4. The van der Waals surface area contributed by atoms with Crippen molar-refractivity contribution < 1.29 is 27.9 Å². The van der Waals surface area contributed by atoms with Crippen molar-refractivity contribution in [2.75, 3.05) is 11.5 Å². The van der Waals surface area contributed by atoms with Gasteiger partial charge >= 0.3 is 11.9 Å². The van der Waals surface area contributed by atoms with Gasteiger partial charge in [-0.3, -0.25) is 4.79 Å². The van der Waals surface area contributed by atoms with Crippen LogP contribution in [-0.2, 0) is 0 Å². The second-order valence-corrected chi connectivity index (χ2v) is 8.75. The zero-order valence-electron chi connectivity index (χ0n) is 20.6. The fourth-order valence-electron chi connectivity index (χ4n) is 4.02. The van der Waals surface area contributed by atoms with Crippen molar-refractivity contribution in [1.82, 2.24) is 0 Å². The summed E-state index contributed by atoms with van der Waals surface area (Å²) in [7, 11) is 0. The lowest BCUT2D eigenvalue weighted by atomic mass is 10.0. The predicted octanol–water partition coefficient (Wildman–Crippen LogP) is 5.51. The second kappa shape index (κ2) is 10.1. The highest BCUT2D eigenvalue weighted by atomic mass is 19.1. The van der Waals surface area contributed by atoms with Crippen LogP contribution >= 0.6 is 0 Å². The molecule has 4 N–H and O–H groups in total. The lowest BCUT2D eigenvalue weighted by Crippen LogP contribution is -2.11. The smallest absolute Gasteiger partial charge is 0.343 e. The molecule has 1 aromatic heterocycles. The first-order valence-electron chi connectivity index (χ1n) is 11.7. The number of nitrogen functional groups attached to an aromatic ring is 2. The van der Waals surface area contributed by atoms with Gasteiger partial charge in [0.1, 0.15) is 28.7 Å². The Morgan fingerprint density at radius 2 is 1.33 bits per heavy atom. The summed E-state index contributed by atoms with van der Waals surface area (Å²) in [5.74, 6) is -1.84. The van der Waals surface area contributed by atoms with Crippen LogP contribution in [0.3, 0.4) is 0 Å². The fraction of sp³-hybridized carbons (Fsp3) is 0.0333. The molecule has 1 heterocycles. The molecule has 5 aromatic rings. The first-order chi connectivity index (χ1) is 18.7. The number of halogens is 1. The van der Waals surface area contributed by atoms with E-state index in [9.17, 15) is 18.8 Å². The van der Waals surface area contributed by atoms with Gasteiger partial charge in [-0.05, 0) is 73.7 Å². The van der Waals surface area contributed by atoms with E-state index in [0.29, 0.717) is 11.4 Å². The van der Waals surface area contributed by atoms with Crippen LogP contribution in [0.15, 0.2) is 94.1 Å². The molecule has 0 spiro atoms. The van der Waals surface area contributed by atoms with Crippen molar-refractivity contribution in [3.05, 3.63) is 118 Å². The van der Waals surface area contributed by atoms with E-state index in [1.165, 1.54) is 61.5 Å². The van der Waals surface area contributed by atoms with Crippen LogP contribution in [0.25, 0.3) is 22.3 Å². The van der Waals surface area contributed by atoms with Crippen molar-refractivity contribution >= 4 is 34.3 Å². The normalized spacial score (nSPS) is 10.8. The quantitative estimate of drug-likeness (QED) is 0.175. The summed E-state index contributed by atoms with van der Waals surface area (Å²) in [5.41, 5.74) is 12.9. The number of ether oxygens (including phenoxy) is 2. The molecule has 194 valence electrons. The zero-order chi connectivity index (χ0) is 27.7. The zero-order valence-corrected chi connectivity index (χ0v) is 20.6. The summed E-state index contributed by atoms with van der Waals surface area (Å²) in [4.78, 5) is 38.7. The van der Waals surface area contributed by atoms with Crippen LogP contribution in [-0.4, -0.2) is 11.9 Å². The lowest BCUT2D eigenvalue weighted by molar-refractivity contribution is 0.0733. The standard InChI is InChI=1S/C30H21FN2O6/c1-16-27(34)25-14-20(31)8-9-26(25)39-28(16)19-12-23(37-29(35)17-4-2-6-21(32)10-17)15-24(13-19)38-30(36)18-5-3-7-22(33)11-18/h2-15H,32-33H2,1H3. The Hall–Kier alpha value is -5.44. The van der Waals surface area contributed by atoms with E-state index in [0.717, 1.165) is 6.07 Å². The van der Waals surface area contributed by atoms with E-state index in [1.54, 1.807) is 24.3 Å². The van der Waals surface area contributed by atoms with Gasteiger partial charge in [0.05, 0.1) is 16.5 Å². The first-order valence-corrected chi connectivity index (χ1v) is 11.7. The van der Waals surface area contributed by atoms with Gasteiger partial charge in [0.25, 0.3) is 0 Å². The summed E-state index contributed by atoms with van der Waals surface area (Å²) in [6.07, 6.45) is 0. The van der Waals surface area contributed by atoms with Gasteiger partial charge in [-0.15, -0.1) is 0 Å². The molecule has 0 aliphatic rings. The summed E-state index contributed by atoms with van der Waals surface area (Å²) in [5, 5.41) is 0.0776. The SMILES string of the molecule is Cc1c(-c2cc(OC(=O)c3cccc(N)c3)cc(OC(=O)c3cccc(N)c3)c2)oc2ccc(F)cc2c1=O. The molecule has 8 nitrogen and oxygen atoms in total. The molecule has 0 saturated carbocycles. The van der Waals surface area contributed by atoms with Gasteiger partial charge < -0.3 is 25.4 Å². The molecule has 0 radical (unpaired) electrons. The summed E-state index contributed by atoms with van der Waals surface area (Å²) < 4.78 is 30.8. The molecule has 9 heteroatoms. The van der Waals surface area contributed by atoms with Crippen LogP contribution in [0.1, 0.15) is 26.3 Å². The van der Waals surface area contributed by atoms with Gasteiger partial charge in [-0.2, -0.15) is 0 Å². The van der Waals surface area contributed by atoms with Crippen molar-refractivity contribution in [2.24, 2.45) is 0 Å². The Labute approximate surface area is 221 Å². The third kappa shape index (κ3) is 5.33. The van der Waals surface area contributed by atoms with Gasteiger partial charge in [0.15, 0.2) is 5.43 Å². The number of anilines is 2. The molecule has 39 heavy (non-hydrogen) atoms. The molecule has 0 saturated heterocycles. The fourth-order valence-corrected chi connectivity index (χ4v) is 4.02. The van der Waals surface area contributed by atoms with Crippen LogP contribution in [0.2, 0.25) is 0 Å². The maximum Gasteiger partial charge on any atom is 0.343 e. The summed E-state index contributed by atoms with van der Waals surface area (Å²) >= 11 is 0. The number of hydrogen-bond donors (Lipinski definition) is 2. The van der Waals surface area contributed by atoms with Crippen molar-refractivity contribution in [1.29, 1.82) is 0 Å². The number of carbonyl (C=O) groups is 2. The maximum atomic E-state index is 13.8. The van der Waals surface area contributed by atoms with Gasteiger partial charge in [0, 0.05) is 28.6 Å². The topological polar surface area (TPSA) is 135 Å². The Bertz CT molecular complexity index is 1750. The van der Waals surface area contributed by atoms with Crippen molar-refractivity contribution in [2.45, 2.75) is 6.92 Å². The van der Waals surface area contributed by atoms with Crippen molar-refractivity contribution in [3.8, 4) is 22.8 Å². The molecule has 0 amide bonds. The lowest BCUT2D eigenvalue weighted by Gasteiger charge is -2.13. The highest BCUT2D eigenvalue weighted by Gasteiger charge is 2.19. The minimum Gasteiger partial charge on any atom is -0.456 e. The van der Waals surface area contributed by atoms with Gasteiger partial charge in [-0.25, -0.2) is 14.0 Å². The van der Waals surface area contributed by atoms with Crippen LogP contribution in [0, 0.1) is 12.7 Å². The predicted molar refractivity (Wildman–Crippen MR) is 144 cm³/mol. The van der Waals surface area contributed by atoms with Crippen LogP contribution < -0.4 is 26.4 Å². The number of esters is 2. The summed E-state index contributed by atoms with van der Waals surface area (Å²) in [6, 6.07) is 20.3. The minimum atomic E-state index is -0.709. The van der Waals surface area contributed by atoms with Gasteiger partial charge in [0.2, 0.25) is 0 Å². The van der Waals surface area contributed by atoms with Crippen LogP contribution in [0.4, 0.5) is 15.8 Å². The average molecular weight is 525 g/mol. The number of carbonyl (C=O) groups excluding carboxylic acids is 2. The molecule has 4 aromatic carbocycles. The Balaban J connectivity index is 1.60. The number of rotatable bonds is 5. The van der Waals surface area contributed by atoms with Crippen molar-refractivity contribution in [3.63, 3.8) is 0 Å². The Morgan fingerprint density at radius 3 is 1.87 bits per heavy atom. The molecule has 0 unspecified atom stereocenters. The minimum absolute atomic E-state index is 0.0107. The molecule has 0 atom stereocenters. The van der Waals surface area contributed by atoms with E-state index in [2.05, 4.69) is 0 Å². The average Bonchev–Trinajstić information content (AvgIpc) is 2.91. The summed E-state index contributed by atoms with van der Waals surface area (Å²) in [6.45, 7) is 1.52. The number of hydrogen-bond acceptors (Lipinski definition) is 8. The van der Waals surface area contributed by atoms with E-state index in [-0.39, 0.29) is 50.5 Å². The molecule has 0 bridgehead atoms. The number of nitrogens with two attached hydrogens (primary N) is 2. The highest BCUT2D eigenvalue weighted by Crippen LogP contribution is 2.33. The number of fused-ring (bicyclic) bond motifs is 1. The van der Waals surface area contributed by atoms with E-state index in [4.69, 9.17) is 25.4 Å². The van der Waals surface area contributed by atoms with E-state index < -0.39 is 23.2 Å². The highest BCUT2D eigenvalue weighted by molar-refractivity contribution is 5.93. The Kier molecular flexibility index (Phi) is 6.56. The molecule has 5 rings (SSSR count). The van der Waals surface area contributed by atoms with Gasteiger partial charge in [-0.1, -0.05) is 12.1 Å². The largest absolute Gasteiger partial charge is 0.456 e. The van der Waals surface area contributed by atoms with E-state index >= 15 is 0 Å². The van der Waals surface area contributed by atoms with E-state index in [1.807, 2.05) is 0 Å². The first kappa shape index (κ1) is 25.2. The monoisotopic (exact) mass is 524 g/mol. The third-order valence-electron chi connectivity index (χ3n) is 5.89. The Morgan fingerprint density at radius 1 is 0.769 bits per heavy atom. The maximum absolute atomic E-state index is 13.8.